The van der Waals surface area contributed by atoms with Crippen molar-refractivity contribution < 1.29 is 37.5 Å². The summed E-state index contributed by atoms with van der Waals surface area (Å²) in [6.45, 7) is 3.70. The second-order valence-electron chi connectivity index (χ2n) is 9.49. The standard InChI is InChI=1S/C21H28F3N5O5S/c1-7-14-13(8(2)27-18(30)17(23)24)20(32)29(14)15(21(33)34)16(7)35-9-3-12(26-4-9)19(31)28-5-10(22)11(25)6-28/h7-14,17,26H,3-6,25H2,1-2H3,(H,27,30)(H,33,34)/t7-,8-,9+,10-,11+,12+,13-,14-/m1/s1. The predicted octanol–water partition coefficient (Wildman–Crippen LogP) is -0.500. The number of halogens is 3. The Kier molecular flexibility index (Phi) is 7.08. The number of likely N-dealkylation sites (tertiary alicyclic amines) is 1. The SMILES string of the molecule is C[C@@H](NC(=O)C(F)F)[C@H]1C(=O)N2C(C(=O)O)=C(S[C@@H]3CN[C@H](C(=O)N4C[C@@H](F)[C@@H](N)C4)C3)[C@H](C)[C@H]12. The maximum atomic E-state index is 13.7. The number of carboxylic acid groups (broad SMARTS) is 1. The summed E-state index contributed by atoms with van der Waals surface area (Å²) in [5.74, 6) is -4.79. The van der Waals surface area contributed by atoms with Crippen molar-refractivity contribution in [2.75, 3.05) is 19.6 Å². The minimum atomic E-state index is -3.22. The number of carboxylic acids is 1. The molecular weight excluding hydrogens is 491 g/mol. The molecule has 194 valence electrons. The molecule has 3 amide bonds. The highest BCUT2D eigenvalue weighted by Gasteiger charge is 2.60. The van der Waals surface area contributed by atoms with Crippen LogP contribution in [0, 0.1) is 11.8 Å². The first kappa shape index (κ1) is 25.8. The molecule has 10 nitrogen and oxygen atoms in total. The van der Waals surface area contributed by atoms with E-state index in [1.165, 1.54) is 28.5 Å². The molecular formula is C21H28F3N5O5S. The maximum Gasteiger partial charge on any atom is 0.353 e. The number of nitrogens with zero attached hydrogens (tertiary/aromatic N) is 2. The fourth-order valence-corrected chi connectivity index (χ4v) is 6.90. The van der Waals surface area contributed by atoms with E-state index < -0.39 is 66.4 Å². The summed E-state index contributed by atoms with van der Waals surface area (Å²) in [5, 5.41) is 14.9. The van der Waals surface area contributed by atoms with Gasteiger partial charge >= 0.3 is 12.4 Å². The first-order chi connectivity index (χ1) is 16.4. The monoisotopic (exact) mass is 519 g/mol. The minimum Gasteiger partial charge on any atom is -0.477 e. The molecule has 14 heteroatoms. The topological polar surface area (TPSA) is 145 Å². The van der Waals surface area contributed by atoms with Crippen LogP contribution in [0.2, 0.25) is 0 Å². The molecule has 0 aromatic heterocycles. The number of alkyl halides is 3. The van der Waals surface area contributed by atoms with Crippen LogP contribution < -0.4 is 16.4 Å². The average molecular weight is 520 g/mol. The number of hydrogen-bond acceptors (Lipinski definition) is 7. The third-order valence-corrected chi connectivity index (χ3v) is 8.69. The average Bonchev–Trinajstić information content (AvgIpc) is 3.44. The van der Waals surface area contributed by atoms with Crippen LogP contribution in [0.15, 0.2) is 10.6 Å². The normalized spacial score (nSPS) is 35.4. The van der Waals surface area contributed by atoms with Crippen LogP contribution in [-0.4, -0.2) is 100 Å². The van der Waals surface area contributed by atoms with E-state index in [1.54, 1.807) is 6.92 Å². The maximum absolute atomic E-state index is 13.7. The van der Waals surface area contributed by atoms with Crippen molar-refractivity contribution in [3.63, 3.8) is 0 Å². The molecule has 35 heavy (non-hydrogen) atoms. The Bertz CT molecular complexity index is 958. The Labute approximate surface area is 203 Å². The summed E-state index contributed by atoms with van der Waals surface area (Å²) in [6.07, 6.45) is -4.10. The van der Waals surface area contributed by atoms with Crippen molar-refractivity contribution in [3.05, 3.63) is 10.6 Å². The number of hydrogen-bond donors (Lipinski definition) is 4. The molecule has 0 radical (unpaired) electrons. The molecule has 8 atom stereocenters. The first-order valence-corrected chi connectivity index (χ1v) is 12.3. The largest absolute Gasteiger partial charge is 0.477 e. The molecule has 4 aliphatic heterocycles. The third-order valence-electron chi connectivity index (χ3n) is 7.18. The molecule has 4 aliphatic rings. The fourth-order valence-electron chi connectivity index (χ4n) is 5.42. The van der Waals surface area contributed by atoms with E-state index in [4.69, 9.17) is 5.73 Å². The highest BCUT2D eigenvalue weighted by Crippen LogP contribution is 2.51. The smallest absolute Gasteiger partial charge is 0.353 e. The quantitative estimate of drug-likeness (QED) is 0.330. The summed E-state index contributed by atoms with van der Waals surface area (Å²) in [7, 11) is 0. The number of nitrogens with two attached hydrogens (primary N) is 1. The van der Waals surface area contributed by atoms with Crippen molar-refractivity contribution in [1.82, 2.24) is 20.4 Å². The van der Waals surface area contributed by atoms with E-state index in [9.17, 15) is 37.5 Å². The molecule has 0 saturated carbocycles. The lowest BCUT2D eigenvalue weighted by atomic mass is 9.78. The van der Waals surface area contributed by atoms with Gasteiger partial charge in [0, 0.05) is 35.2 Å². The number of amides is 3. The van der Waals surface area contributed by atoms with E-state index in [0.29, 0.717) is 17.9 Å². The Morgan fingerprint density at radius 2 is 1.97 bits per heavy atom. The van der Waals surface area contributed by atoms with Crippen LogP contribution in [0.3, 0.4) is 0 Å². The van der Waals surface area contributed by atoms with E-state index in [0.717, 1.165) is 0 Å². The van der Waals surface area contributed by atoms with E-state index >= 15 is 0 Å². The lowest BCUT2D eigenvalue weighted by Gasteiger charge is -2.47. The Morgan fingerprint density at radius 1 is 1.29 bits per heavy atom. The zero-order valence-corrected chi connectivity index (χ0v) is 19.9. The fraction of sp³-hybridized carbons (Fsp3) is 0.714. The lowest BCUT2D eigenvalue weighted by molar-refractivity contribution is -0.159. The summed E-state index contributed by atoms with van der Waals surface area (Å²) in [6, 6.07) is -2.74. The van der Waals surface area contributed by atoms with E-state index in [1.807, 2.05) is 0 Å². The summed E-state index contributed by atoms with van der Waals surface area (Å²) in [4.78, 5) is 52.0. The molecule has 0 spiro atoms. The van der Waals surface area contributed by atoms with Gasteiger partial charge in [0.25, 0.3) is 5.91 Å². The first-order valence-electron chi connectivity index (χ1n) is 11.4. The zero-order valence-electron chi connectivity index (χ0n) is 19.1. The summed E-state index contributed by atoms with van der Waals surface area (Å²) < 4.78 is 39.0. The van der Waals surface area contributed by atoms with Crippen LogP contribution in [-0.2, 0) is 19.2 Å². The Hall–Kier alpha value is -2.32. The molecule has 0 aromatic rings. The zero-order chi connectivity index (χ0) is 25.8. The van der Waals surface area contributed by atoms with Crippen molar-refractivity contribution in [2.24, 2.45) is 17.6 Å². The summed E-state index contributed by atoms with van der Waals surface area (Å²) in [5.41, 5.74) is 5.52. The molecule has 3 saturated heterocycles. The number of carbonyl (C=O) groups excluding carboxylic acids is 3. The van der Waals surface area contributed by atoms with Gasteiger partial charge < -0.3 is 31.3 Å². The predicted molar refractivity (Wildman–Crippen MR) is 119 cm³/mol. The molecule has 0 aliphatic carbocycles. The van der Waals surface area contributed by atoms with Crippen molar-refractivity contribution >= 4 is 35.5 Å². The number of thioether (sulfide) groups is 1. The van der Waals surface area contributed by atoms with Crippen molar-refractivity contribution in [1.29, 1.82) is 0 Å². The molecule has 4 rings (SSSR count). The van der Waals surface area contributed by atoms with E-state index in [2.05, 4.69) is 10.6 Å². The lowest BCUT2D eigenvalue weighted by Crippen LogP contribution is -2.66. The molecule has 4 heterocycles. The van der Waals surface area contributed by atoms with Gasteiger partial charge in [0.1, 0.15) is 11.9 Å². The number of aliphatic carboxylic acids is 1. The second kappa shape index (κ2) is 9.62. The van der Waals surface area contributed by atoms with Crippen molar-refractivity contribution in [3.8, 4) is 0 Å². The van der Waals surface area contributed by atoms with Crippen LogP contribution in [0.1, 0.15) is 20.3 Å². The van der Waals surface area contributed by atoms with Gasteiger partial charge in [-0.1, -0.05) is 6.92 Å². The summed E-state index contributed by atoms with van der Waals surface area (Å²) >= 11 is 1.27. The van der Waals surface area contributed by atoms with Gasteiger partial charge in [0.05, 0.1) is 30.6 Å². The van der Waals surface area contributed by atoms with Crippen LogP contribution in [0.25, 0.3) is 0 Å². The number of β-lactam (4-membered cyclic amide) rings is 1. The van der Waals surface area contributed by atoms with Crippen molar-refractivity contribution in [2.45, 2.75) is 62.3 Å². The highest BCUT2D eigenvalue weighted by molar-refractivity contribution is 8.03. The molecule has 0 bridgehead atoms. The number of nitrogens with one attached hydrogen (secondary N) is 2. The minimum absolute atomic E-state index is 0.0538. The van der Waals surface area contributed by atoms with Gasteiger partial charge in [-0.2, -0.15) is 8.78 Å². The molecule has 0 aromatic carbocycles. The third kappa shape index (κ3) is 4.51. The van der Waals surface area contributed by atoms with Gasteiger partial charge in [-0.05, 0) is 13.3 Å². The Balaban J connectivity index is 1.44. The van der Waals surface area contributed by atoms with Crippen LogP contribution in [0.5, 0.6) is 0 Å². The van der Waals surface area contributed by atoms with Gasteiger partial charge in [0.15, 0.2) is 0 Å². The second-order valence-corrected chi connectivity index (χ2v) is 10.8. The number of fused-ring (bicyclic) bond motifs is 1. The highest BCUT2D eigenvalue weighted by atomic mass is 32.2. The van der Waals surface area contributed by atoms with Gasteiger partial charge in [-0.25, -0.2) is 9.18 Å². The Morgan fingerprint density at radius 3 is 2.54 bits per heavy atom. The van der Waals surface area contributed by atoms with Crippen LogP contribution >= 0.6 is 11.8 Å². The van der Waals surface area contributed by atoms with Gasteiger partial charge in [-0.15, -0.1) is 11.8 Å². The number of carbonyl (C=O) groups is 4. The van der Waals surface area contributed by atoms with Gasteiger partial charge in [-0.3, -0.25) is 14.4 Å². The number of rotatable bonds is 7. The van der Waals surface area contributed by atoms with Crippen LogP contribution in [0.4, 0.5) is 13.2 Å². The van der Waals surface area contributed by atoms with Gasteiger partial charge in [0.2, 0.25) is 11.8 Å². The van der Waals surface area contributed by atoms with E-state index in [-0.39, 0.29) is 29.9 Å². The molecule has 0 unspecified atom stereocenters. The molecule has 3 fully saturated rings. The molecule has 5 N–H and O–H groups in total.